The van der Waals surface area contributed by atoms with Crippen LogP contribution in [0.4, 0.5) is 0 Å². The van der Waals surface area contributed by atoms with E-state index in [2.05, 4.69) is 29.1 Å². The first kappa shape index (κ1) is 18.2. The molecule has 0 saturated heterocycles. The highest BCUT2D eigenvalue weighted by atomic mass is 35.5. The molecule has 0 saturated carbocycles. The van der Waals surface area contributed by atoms with E-state index in [9.17, 15) is 4.79 Å². The Morgan fingerprint density at radius 3 is 2.88 bits per heavy atom. The molecule has 0 spiro atoms. The van der Waals surface area contributed by atoms with Crippen molar-refractivity contribution in [1.82, 2.24) is 15.3 Å². The summed E-state index contributed by atoms with van der Waals surface area (Å²) >= 11 is 9.38. The van der Waals surface area contributed by atoms with Crippen LogP contribution in [-0.2, 0) is 11.3 Å². The SMILES string of the molecule is Cc1sc2ncnc(SCCC(=O)NCc3ccccc3Cl)c2c1C. The van der Waals surface area contributed by atoms with E-state index in [1.807, 2.05) is 24.3 Å². The number of fused-ring (bicyclic) bond motifs is 1. The van der Waals surface area contributed by atoms with E-state index in [0.29, 0.717) is 23.7 Å². The van der Waals surface area contributed by atoms with Crippen molar-refractivity contribution in [3.05, 3.63) is 51.6 Å². The topological polar surface area (TPSA) is 54.9 Å². The molecular formula is C18H18ClN3OS2. The molecule has 4 nitrogen and oxygen atoms in total. The molecular weight excluding hydrogens is 374 g/mol. The van der Waals surface area contributed by atoms with Crippen LogP contribution >= 0.6 is 34.7 Å². The number of nitrogens with one attached hydrogen (secondary N) is 1. The van der Waals surface area contributed by atoms with Gasteiger partial charge in [-0.15, -0.1) is 23.1 Å². The molecule has 0 aliphatic heterocycles. The maximum atomic E-state index is 12.1. The summed E-state index contributed by atoms with van der Waals surface area (Å²) in [7, 11) is 0. The van der Waals surface area contributed by atoms with Crippen LogP contribution in [0.25, 0.3) is 10.2 Å². The fourth-order valence-electron chi connectivity index (χ4n) is 2.42. The van der Waals surface area contributed by atoms with E-state index in [0.717, 1.165) is 20.8 Å². The van der Waals surface area contributed by atoms with Gasteiger partial charge in [0.2, 0.25) is 5.91 Å². The molecule has 0 unspecified atom stereocenters. The normalized spacial score (nSPS) is 11.0. The number of thioether (sulfide) groups is 1. The van der Waals surface area contributed by atoms with Crippen molar-refractivity contribution in [2.24, 2.45) is 0 Å². The third-order valence-electron chi connectivity index (χ3n) is 3.93. The standard InChI is InChI=1S/C18H18ClN3OS2/c1-11-12(2)25-18-16(11)17(21-10-22-18)24-8-7-15(23)20-9-13-5-3-4-6-14(13)19/h3-6,10H,7-9H2,1-2H3,(H,20,23). The quantitative estimate of drug-likeness (QED) is 0.486. The van der Waals surface area contributed by atoms with E-state index in [1.54, 1.807) is 29.4 Å². The number of amides is 1. The van der Waals surface area contributed by atoms with Gasteiger partial charge in [0.25, 0.3) is 0 Å². The number of hydrogen-bond donors (Lipinski definition) is 1. The predicted molar refractivity (Wildman–Crippen MR) is 106 cm³/mol. The van der Waals surface area contributed by atoms with Gasteiger partial charge in [0.15, 0.2) is 0 Å². The van der Waals surface area contributed by atoms with Gasteiger partial charge in [-0.3, -0.25) is 4.79 Å². The Morgan fingerprint density at radius 2 is 2.08 bits per heavy atom. The summed E-state index contributed by atoms with van der Waals surface area (Å²) in [5, 5.41) is 5.65. The lowest BCUT2D eigenvalue weighted by molar-refractivity contribution is -0.120. The zero-order valence-corrected chi connectivity index (χ0v) is 16.4. The fraction of sp³-hybridized carbons (Fsp3) is 0.278. The van der Waals surface area contributed by atoms with Crippen LogP contribution in [0, 0.1) is 13.8 Å². The molecule has 3 aromatic rings. The molecule has 1 aromatic carbocycles. The van der Waals surface area contributed by atoms with Gasteiger partial charge in [-0.1, -0.05) is 29.8 Å². The van der Waals surface area contributed by atoms with Gasteiger partial charge in [-0.2, -0.15) is 0 Å². The van der Waals surface area contributed by atoms with Crippen LogP contribution in [0.1, 0.15) is 22.4 Å². The molecule has 2 heterocycles. The van der Waals surface area contributed by atoms with Gasteiger partial charge in [0.1, 0.15) is 16.2 Å². The minimum atomic E-state index is 0.0101. The van der Waals surface area contributed by atoms with Crippen molar-refractivity contribution in [2.45, 2.75) is 31.8 Å². The highest BCUT2D eigenvalue weighted by Crippen LogP contribution is 2.34. The van der Waals surface area contributed by atoms with E-state index in [-0.39, 0.29) is 5.91 Å². The maximum absolute atomic E-state index is 12.1. The molecule has 0 aliphatic rings. The van der Waals surface area contributed by atoms with Crippen LogP contribution in [0.3, 0.4) is 0 Å². The third kappa shape index (κ3) is 4.32. The predicted octanol–water partition coefficient (Wildman–Crippen LogP) is 4.76. The minimum Gasteiger partial charge on any atom is -0.352 e. The first-order valence-electron chi connectivity index (χ1n) is 7.90. The Balaban J connectivity index is 1.55. The van der Waals surface area contributed by atoms with Crippen molar-refractivity contribution in [3.8, 4) is 0 Å². The first-order valence-corrected chi connectivity index (χ1v) is 10.1. The van der Waals surface area contributed by atoms with Gasteiger partial charge in [-0.05, 0) is 31.0 Å². The number of aromatic nitrogens is 2. The molecule has 0 radical (unpaired) electrons. The van der Waals surface area contributed by atoms with E-state index < -0.39 is 0 Å². The van der Waals surface area contributed by atoms with Gasteiger partial charge in [0.05, 0.1) is 0 Å². The minimum absolute atomic E-state index is 0.0101. The van der Waals surface area contributed by atoms with Crippen LogP contribution in [0.2, 0.25) is 5.02 Å². The lowest BCUT2D eigenvalue weighted by Crippen LogP contribution is -2.23. The number of carbonyl (C=O) groups is 1. The molecule has 1 amide bonds. The van der Waals surface area contributed by atoms with Crippen molar-refractivity contribution in [3.63, 3.8) is 0 Å². The summed E-state index contributed by atoms with van der Waals surface area (Å²) < 4.78 is 0. The lowest BCUT2D eigenvalue weighted by atomic mass is 10.2. The molecule has 25 heavy (non-hydrogen) atoms. The number of halogens is 1. The summed E-state index contributed by atoms with van der Waals surface area (Å²) in [5.41, 5.74) is 2.15. The summed E-state index contributed by atoms with van der Waals surface area (Å²) in [6, 6.07) is 7.52. The van der Waals surface area contributed by atoms with E-state index >= 15 is 0 Å². The Bertz CT molecular complexity index is 910. The Morgan fingerprint density at radius 1 is 1.28 bits per heavy atom. The average Bonchev–Trinajstić information content (AvgIpc) is 2.89. The molecule has 0 fully saturated rings. The Kier molecular flexibility index (Phi) is 5.93. The summed E-state index contributed by atoms with van der Waals surface area (Å²) in [6.07, 6.45) is 2.03. The van der Waals surface area contributed by atoms with E-state index in [1.165, 1.54) is 10.4 Å². The molecule has 0 atom stereocenters. The van der Waals surface area contributed by atoms with Crippen molar-refractivity contribution < 1.29 is 4.79 Å². The highest BCUT2D eigenvalue weighted by Gasteiger charge is 2.13. The molecule has 130 valence electrons. The zero-order chi connectivity index (χ0) is 17.8. The molecule has 0 bridgehead atoms. The monoisotopic (exact) mass is 391 g/mol. The number of aryl methyl sites for hydroxylation is 2. The Labute approximate surface area is 160 Å². The van der Waals surface area contributed by atoms with Gasteiger partial charge >= 0.3 is 0 Å². The van der Waals surface area contributed by atoms with Crippen molar-refractivity contribution >= 4 is 50.8 Å². The molecule has 7 heteroatoms. The molecule has 3 rings (SSSR count). The average molecular weight is 392 g/mol. The van der Waals surface area contributed by atoms with Gasteiger partial charge < -0.3 is 5.32 Å². The maximum Gasteiger partial charge on any atom is 0.221 e. The highest BCUT2D eigenvalue weighted by molar-refractivity contribution is 7.99. The largest absolute Gasteiger partial charge is 0.352 e. The zero-order valence-electron chi connectivity index (χ0n) is 14.0. The van der Waals surface area contributed by atoms with Crippen molar-refractivity contribution in [2.75, 3.05) is 5.75 Å². The van der Waals surface area contributed by atoms with Crippen molar-refractivity contribution in [1.29, 1.82) is 0 Å². The second-order valence-corrected chi connectivity index (χ2v) is 8.30. The number of hydrogen-bond acceptors (Lipinski definition) is 5. The van der Waals surface area contributed by atoms with Crippen LogP contribution < -0.4 is 5.32 Å². The first-order chi connectivity index (χ1) is 12.1. The fourth-order valence-corrected chi connectivity index (χ4v) is 4.68. The third-order valence-corrected chi connectivity index (χ3v) is 6.41. The molecule has 0 aliphatic carbocycles. The molecule has 1 N–H and O–H groups in total. The van der Waals surface area contributed by atoms with Gasteiger partial charge in [0, 0.05) is 34.0 Å². The smallest absolute Gasteiger partial charge is 0.221 e. The van der Waals surface area contributed by atoms with E-state index in [4.69, 9.17) is 11.6 Å². The summed E-state index contributed by atoms with van der Waals surface area (Å²) in [4.78, 5) is 23.1. The number of nitrogens with zero attached hydrogens (tertiary/aromatic N) is 2. The summed E-state index contributed by atoms with van der Waals surface area (Å²) in [5.74, 6) is 0.686. The van der Waals surface area contributed by atoms with Crippen LogP contribution in [0.5, 0.6) is 0 Å². The number of carbonyl (C=O) groups excluding carboxylic acids is 1. The van der Waals surface area contributed by atoms with Crippen LogP contribution in [-0.4, -0.2) is 21.6 Å². The second kappa shape index (κ2) is 8.17. The number of rotatable bonds is 6. The number of benzene rings is 1. The number of thiophene rings is 1. The Hall–Kier alpha value is -1.63. The molecule has 2 aromatic heterocycles. The van der Waals surface area contributed by atoms with Gasteiger partial charge in [-0.25, -0.2) is 9.97 Å². The lowest BCUT2D eigenvalue weighted by Gasteiger charge is -2.07. The van der Waals surface area contributed by atoms with Crippen LogP contribution in [0.15, 0.2) is 35.6 Å². The summed E-state index contributed by atoms with van der Waals surface area (Å²) in [6.45, 7) is 4.64. The second-order valence-electron chi connectivity index (χ2n) is 5.61.